The molecule has 3 aromatic rings. The summed E-state index contributed by atoms with van der Waals surface area (Å²) < 4.78 is 0. The van der Waals surface area contributed by atoms with Gasteiger partial charge in [0, 0.05) is 33.3 Å². The highest BCUT2D eigenvalue weighted by Gasteiger charge is 2.15. The van der Waals surface area contributed by atoms with E-state index in [9.17, 15) is 4.79 Å². The number of thiazole rings is 1. The van der Waals surface area contributed by atoms with Crippen LogP contribution in [-0.4, -0.2) is 17.1 Å². The maximum absolute atomic E-state index is 12.2. The van der Waals surface area contributed by atoms with Crippen LogP contribution in [0.1, 0.15) is 32.1 Å². The lowest BCUT2D eigenvalue weighted by Crippen LogP contribution is -2.38. The first-order valence-electron chi connectivity index (χ1n) is 9.57. The molecule has 0 saturated heterocycles. The number of hydrogen-bond acceptors (Lipinski definition) is 3. The molecule has 0 radical (unpaired) electrons. The normalized spacial score (nSPS) is 14.6. The van der Waals surface area contributed by atoms with Crippen molar-refractivity contribution >= 4 is 34.7 Å². The van der Waals surface area contributed by atoms with Gasteiger partial charge in [0.25, 0.3) is 0 Å². The molecule has 4 nitrogen and oxygen atoms in total. The van der Waals surface area contributed by atoms with Crippen molar-refractivity contribution in [3.63, 3.8) is 0 Å². The Bertz CT molecular complexity index is 931. The van der Waals surface area contributed by atoms with Gasteiger partial charge in [-0.3, -0.25) is 0 Å². The number of aromatic nitrogens is 1. The van der Waals surface area contributed by atoms with Crippen LogP contribution >= 0.6 is 22.9 Å². The zero-order valence-electron chi connectivity index (χ0n) is 15.5. The number of nitrogens with zero attached hydrogens (tertiary/aromatic N) is 1. The van der Waals surface area contributed by atoms with Crippen molar-refractivity contribution in [3.8, 4) is 21.8 Å². The third-order valence-electron chi connectivity index (χ3n) is 4.97. The number of halogens is 1. The van der Waals surface area contributed by atoms with Gasteiger partial charge in [-0.1, -0.05) is 55.1 Å². The lowest BCUT2D eigenvalue weighted by molar-refractivity contribution is 0.244. The number of rotatable bonds is 4. The van der Waals surface area contributed by atoms with Gasteiger partial charge in [-0.25, -0.2) is 9.78 Å². The molecule has 0 atom stereocenters. The van der Waals surface area contributed by atoms with Gasteiger partial charge in [-0.2, -0.15) is 0 Å². The lowest BCUT2D eigenvalue weighted by atomic mass is 9.96. The predicted molar refractivity (Wildman–Crippen MR) is 117 cm³/mol. The molecule has 4 rings (SSSR count). The number of amides is 2. The van der Waals surface area contributed by atoms with Crippen LogP contribution in [0.15, 0.2) is 53.9 Å². The number of carbonyl (C=O) groups is 1. The summed E-state index contributed by atoms with van der Waals surface area (Å²) in [4.78, 5) is 16.9. The first-order chi connectivity index (χ1) is 13.7. The van der Waals surface area contributed by atoms with Gasteiger partial charge in [0.2, 0.25) is 0 Å². The van der Waals surface area contributed by atoms with Crippen molar-refractivity contribution < 1.29 is 4.79 Å². The summed E-state index contributed by atoms with van der Waals surface area (Å²) in [5.41, 5.74) is 3.78. The van der Waals surface area contributed by atoms with Crippen LogP contribution in [0.5, 0.6) is 0 Å². The van der Waals surface area contributed by atoms with E-state index in [1.165, 1.54) is 19.3 Å². The zero-order valence-corrected chi connectivity index (χ0v) is 17.0. The fourth-order valence-electron chi connectivity index (χ4n) is 3.46. The third kappa shape index (κ3) is 4.72. The van der Waals surface area contributed by atoms with Crippen LogP contribution in [0.4, 0.5) is 10.5 Å². The van der Waals surface area contributed by atoms with Crippen LogP contribution in [0.3, 0.4) is 0 Å². The van der Waals surface area contributed by atoms with Crippen molar-refractivity contribution in [2.24, 2.45) is 0 Å². The Labute approximate surface area is 174 Å². The Morgan fingerprint density at radius 2 is 1.64 bits per heavy atom. The van der Waals surface area contributed by atoms with Gasteiger partial charge < -0.3 is 10.6 Å². The van der Waals surface area contributed by atoms with E-state index in [1.54, 1.807) is 11.3 Å². The van der Waals surface area contributed by atoms with Crippen molar-refractivity contribution in [2.45, 2.75) is 38.1 Å². The van der Waals surface area contributed by atoms with Crippen molar-refractivity contribution in [1.29, 1.82) is 0 Å². The van der Waals surface area contributed by atoms with Crippen LogP contribution in [0.2, 0.25) is 5.02 Å². The monoisotopic (exact) mass is 411 g/mol. The molecular weight excluding hydrogens is 390 g/mol. The second kappa shape index (κ2) is 8.76. The molecular formula is C22H22ClN3OS. The topological polar surface area (TPSA) is 54.0 Å². The molecule has 0 spiro atoms. The fourth-order valence-corrected chi connectivity index (χ4v) is 4.42. The number of urea groups is 1. The fraction of sp³-hybridized carbons (Fsp3) is 0.273. The predicted octanol–water partition coefficient (Wildman–Crippen LogP) is 6.58. The van der Waals surface area contributed by atoms with Crippen molar-refractivity contribution in [3.05, 3.63) is 58.9 Å². The average molecular weight is 412 g/mol. The maximum Gasteiger partial charge on any atom is 0.319 e. The van der Waals surface area contributed by atoms with Crippen LogP contribution < -0.4 is 10.6 Å². The van der Waals surface area contributed by atoms with E-state index in [0.717, 1.165) is 45.4 Å². The van der Waals surface area contributed by atoms with Crippen molar-refractivity contribution in [2.75, 3.05) is 5.32 Å². The summed E-state index contributed by atoms with van der Waals surface area (Å²) in [5.74, 6) is 0. The summed E-state index contributed by atoms with van der Waals surface area (Å²) in [5, 5.41) is 9.71. The Morgan fingerprint density at radius 1 is 0.964 bits per heavy atom. The summed E-state index contributed by atoms with van der Waals surface area (Å²) in [6.45, 7) is 0. The Kier molecular flexibility index (Phi) is 5.93. The molecule has 0 unspecified atom stereocenters. The molecule has 2 amide bonds. The molecule has 1 aliphatic carbocycles. The molecule has 1 heterocycles. The molecule has 1 aliphatic rings. The summed E-state index contributed by atoms with van der Waals surface area (Å²) >= 11 is 7.56. The summed E-state index contributed by atoms with van der Waals surface area (Å²) in [6, 6.07) is 15.7. The molecule has 2 aromatic carbocycles. The highest BCUT2D eigenvalue weighted by Crippen LogP contribution is 2.30. The molecule has 28 heavy (non-hydrogen) atoms. The number of benzene rings is 2. The highest BCUT2D eigenvalue weighted by atomic mass is 35.5. The van der Waals surface area contributed by atoms with Gasteiger partial charge in [-0.05, 0) is 37.1 Å². The van der Waals surface area contributed by atoms with E-state index in [4.69, 9.17) is 16.6 Å². The van der Waals surface area contributed by atoms with E-state index in [-0.39, 0.29) is 6.03 Å². The first kappa shape index (κ1) is 19.0. The van der Waals surface area contributed by atoms with Gasteiger partial charge in [0.15, 0.2) is 0 Å². The van der Waals surface area contributed by atoms with Gasteiger partial charge in [0.05, 0.1) is 5.69 Å². The number of anilines is 1. The molecule has 6 heteroatoms. The standard InChI is InChI=1S/C22H22ClN3OS/c23-17-10-6-16(7-11-17)21-26-20(14-28-21)15-8-12-19(13-9-15)25-22(27)24-18-4-2-1-3-5-18/h6-14,18H,1-5H2,(H2,24,25,27). The van der Waals surface area contributed by atoms with Crippen LogP contribution in [0, 0.1) is 0 Å². The minimum absolute atomic E-state index is 0.127. The Balaban J connectivity index is 1.39. The maximum atomic E-state index is 12.2. The Hall–Kier alpha value is -2.37. The summed E-state index contributed by atoms with van der Waals surface area (Å²) in [6.07, 6.45) is 5.83. The van der Waals surface area contributed by atoms with E-state index in [2.05, 4.69) is 10.6 Å². The Morgan fingerprint density at radius 3 is 2.36 bits per heavy atom. The van der Waals surface area contributed by atoms with Gasteiger partial charge >= 0.3 is 6.03 Å². The molecule has 0 bridgehead atoms. The van der Waals surface area contributed by atoms with Gasteiger partial charge in [-0.15, -0.1) is 11.3 Å². The minimum Gasteiger partial charge on any atom is -0.335 e. The zero-order chi connectivity index (χ0) is 19.3. The summed E-state index contributed by atoms with van der Waals surface area (Å²) in [7, 11) is 0. The van der Waals surface area contributed by atoms with Crippen LogP contribution in [-0.2, 0) is 0 Å². The lowest BCUT2D eigenvalue weighted by Gasteiger charge is -2.22. The van der Waals surface area contributed by atoms with E-state index in [1.807, 2.05) is 53.9 Å². The number of hydrogen-bond donors (Lipinski definition) is 2. The van der Waals surface area contributed by atoms with E-state index < -0.39 is 0 Å². The molecule has 1 fully saturated rings. The number of carbonyl (C=O) groups excluding carboxylic acids is 1. The molecule has 0 aliphatic heterocycles. The second-order valence-corrected chi connectivity index (χ2v) is 8.35. The van der Waals surface area contributed by atoms with E-state index in [0.29, 0.717) is 6.04 Å². The molecule has 2 N–H and O–H groups in total. The first-order valence-corrected chi connectivity index (χ1v) is 10.8. The smallest absolute Gasteiger partial charge is 0.319 e. The highest BCUT2D eigenvalue weighted by molar-refractivity contribution is 7.13. The van der Waals surface area contributed by atoms with E-state index >= 15 is 0 Å². The second-order valence-electron chi connectivity index (χ2n) is 7.06. The van der Waals surface area contributed by atoms with Crippen molar-refractivity contribution in [1.82, 2.24) is 10.3 Å². The molecule has 1 aromatic heterocycles. The van der Waals surface area contributed by atoms with Gasteiger partial charge in [0.1, 0.15) is 5.01 Å². The quantitative estimate of drug-likeness (QED) is 0.509. The minimum atomic E-state index is -0.127. The SMILES string of the molecule is O=C(Nc1ccc(-c2csc(-c3ccc(Cl)cc3)n2)cc1)NC1CCCCC1. The largest absolute Gasteiger partial charge is 0.335 e. The molecule has 1 saturated carbocycles. The average Bonchev–Trinajstić information content (AvgIpc) is 3.20. The number of nitrogens with one attached hydrogen (secondary N) is 2. The van der Waals surface area contributed by atoms with Crippen LogP contribution in [0.25, 0.3) is 21.8 Å². The molecule has 144 valence electrons. The third-order valence-corrected chi connectivity index (χ3v) is 6.12.